The molecule has 10 heteroatoms. The van der Waals surface area contributed by atoms with E-state index in [9.17, 15) is 14.2 Å². The summed E-state index contributed by atoms with van der Waals surface area (Å²) in [5.74, 6) is -1.42. The molecule has 0 N–H and O–H groups in total. The van der Waals surface area contributed by atoms with Crippen LogP contribution in [0.3, 0.4) is 0 Å². The van der Waals surface area contributed by atoms with Crippen molar-refractivity contribution in [2.24, 2.45) is 5.16 Å². The summed E-state index contributed by atoms with van der Waals surface area (Å²) in [5.41, 5.74) is 0.257. The number of hydrogen-bond acceptors (Lipinski definition) is 9. The number of ether oxygens (including phenoxy) is 2. The SMILES string of the molecule is CCOP(=O)(OCC)C(=NOC(C)=O)c1ccccc1/C(=C\OC)C(=O)OC. The normalized spacial score (nSPS) is 12.5. The monoisotopic (exact) mass is 413 g/mol. The van der Waals surface area contributed by atoms with Crippen molar-refractivity contribution in [1.29, 1.82) is 0 Å². The number of benzene rings is 1. The van der Waals surface area contributed by atoms with E-state index in [4.69, 9.17) is 23.4 Å². The van der Waals surface area contributed by atoms with Gasteiger partial charge in [0.25, 0.3) is 0 Å². The molecule has 0 bridgehead atoms. The van der Waals surface area contributed by atoms with E-state index in [-0.39, 0.29) is 35.4 Å². The van der Waals surface area contributed by atoms with Gasteiger partial charge >= 0.3 is 19.5 Å². The molecule has 0 fully saturated rings. The number of rotatable bonds is 10. The molecular weight excluding hydrogens is 389 g/mol. The van der Waals surface area contributed by atoms with Gasteiger partial charge in [-0.3, -0.25) is 4.57 Å². The third-order valence-corrected chi connectivity index (χ3v) is 5.25. The quantitative estimate of drug-likeness (QED) is 0.109. The zero-order valence-electron chi connectivity index (χ0n) is 16.5. The molecule has 0 radical (unpaired) electrons. The zero-order chi connectivity index (χ0) is 21.2. The van der Waals surface area contributed by atoms with Crippen molar-refractivity contribution in [2.75, 3.05) is 27.4 Å². The van der Waals surface area contributed by atoms with Crippen LogP contribution in [0.2, 0.25) is 0 Å². The fourth-order valence-corrected chi connectivity index (χ4v) is 3.85. The van der Waals surface area contributed by atoms with Crippen LogP contribution in [0.15, 0.2) is 35.7 Å². The third-order valence-electron chi connectivity index (χ3n) is 3.22. The maximum atomic E-state index is 13.4. The van der Waals surface area contributed by atoms with E-state index in [0.717, 1.165) is 6.92 Å². The topological polar surface area (TPSA) is 110 Å². The molecule has 0 aliphatic carbocycles. The van der Waals surface area contributed by atoms with Crippen LogP contribution in [-0.2, 0) is 37.5 Å². The molecule has 0 unspecified atom stereocenters. The van der Waals surface area contributed by atoms with Crippen LogP contribution in [0.25, 0.3) is 5.57 Å². The molecule has 1 aromatic rings. The highest BCUT2D eigenvalue weighted by molar-refractivity contribution is 7.73. The van der Waals surface area contributed by atoms with Crippen LogP contribution in [0.1, 0.15) is 31.9 Å². The average molecular weight is 413 g/mol. The Balaban J connectivity index is 3.74. The Morgan fingerprint density at radius 1 is 1.07 bits per heavy atom. The van der Waals surface area contributed by atoms with Crippen LogP contribution in [0.5, 0.6) is 0 Å². The number of hydrogen-bond donors (Lipinski definition) is 0. The van der Waals surface area contributed by atoms with E-state index in [0.29, 0.717) is 0 Å². The summed E-state index contributed by atoms with van der Waals surface area (Å²) >= 11 is 0. The van der Waals surface area contributed by atoms with Crippen LogP contribution in [-0.4, -0.2) is 44.8 Å². The van der Waals surface area contributed by atoms with Crippen LogP contribution in [0.4, 0.5) is 0 Å². The van der Waals surface area contributed by atoms with E-state index in [1.165, 1.54) is 26.5 Å². The van der Waals surface area contributed by atoms with E-state index < -0.39 is 19.5 Å². The summed E-state index contributed by atoms with van der Waals surface area (Å²) in [6, 6.07) is 6.39. The minimum Gasteiger partial charge on any atom is -0.503 e. The lowest BCUT2D eigenvalue weighted by molar-refractivity contribution is -0.141. The highest BCUT2D eigenvalue weighted by Gasteiger charge is 2.36. The highest BCUT2D eigenvalue weighted by Crippen LogP contribution is 2.52. The predicted molar refractivity (Wildman–Crippen MR) is 103 cm³/mol. The van der Waals surface area contributed by atoms with Crippen molar-refractivity contribution in [3.05, 3.63) is 41.7 Å². The van der Waals surface area contributed by atoms with Gasteiger partial charge in [-0.15, -0.1) is 0 Å². The highest BCUT2D eigenvalue weighted by atomic mass is 31.2. The Hall–Kier alpha value is -2.48. The molecule has 0 aromatic heterocycles. The lowest BCUT2D eigenvalue weighted by Crippen LogP contribution is -2.14. The Kier molecular flexibility index (Phi) is 9.58. The van der Waals surface area contributed by atoms with E-state index >= 15 is 0 Å². The standard InChI is InChI=1S/C18H24NO8P/c1-6-25-28(22,26-7-2)17(19-27-13(3)20)15-11-9-8-10-14(15)16(12-23-4)18(21)24-5/h8-12H,6-7H2,1-5H3/b16-12+,19-17?. The van der Waals surface area contributed by atoms with Gasteiger partial charge in [0.1, 0.15) is 5.57 Å². The van der Waals surface area contributed by atoms with Crippen molar-refractivity contribution in [1.82, 2.24) is 0 Å². The number of oxime groups is 1. The molecule has 0 atom stereocenters. The van der Waals surface area contributed by atoms with Gasteiger partial charge in [-0.25, -0.2) is 9.59 Å². The van der Waals surface area contributed by atoms with Gasteiger partial charge in [-0.05, 0) is 13.8 Å². The summed E-state index contributed by atoms with van der Waals surface area (Å²) in [4.78, 5) is 28.2. The van der Waals surface area contributed by atoms with Crippen LogP contribution >= 0.6 is 7.60 Å². The number of esters is 1. The molecule has 0 saturated heterocycles. The molecule has 0 saturated carbocycles. The summed E-state index contributed by atoms with van der Waals surface area (Å²) < 4.78 is 33.8. The maximum Gasteiger partial charge on any atom is 0.383 e. The van der Waals surface area contributed by atoms with E-state index in [1.54, 1.807) is 32.0 Å². The smallest absolute Gasteiger partial charge is 0.383 e. The summed E-state index contributed by atoms with van der Waals surface area (Å²) in [7, 11) is -1.40. The largest absolute Gasteiger partial charge is 0.503 e. The Morgan fingerprint density at radius 3 is 2.11 bits per heavy atom. The molecule has 9 nitrogen and oxygen atoms in total. The van der Waals surface area contributed by atoms with Gasteiger partial charge in [0.2, 0.25) is 0 Å². The first kappa shape index (κ1) is 23.6. The Bertz CT molecular complexity index is 793. The maximum absolute atomic E-state index is 13.4. The van der Waals surface area contributed by atoms with Gasteiger partial charge in [-0.1, -0.05) is 29.4 Å². The second kappa shape index (κ2) is 11.4. The fraction of sp³-hybridized carbons (Fsp3) is 0.389. The summed E-state index contributed by atoms with van der Waals surface area (Å²) in [6.45, 7) is 4.51. The van der Waals surface area contributed by atoms with Gasteiger partial charge in [0, 0.05) is 18.1 Å². The van der Waals surface area contributed by atoms with Crippen LogP contribution < -0.4 is 0 Å². The van der Waals surface area contributed by atoms with Crippen molar-refractivity contribution >= 4 is 30.6 Å². The second-order valence-electron chi connectivity index (χ2n) is 5.14. The Labute approximate surface area is 163 Å². The van der Waals surface area contributed by atoms with Crippen molar-refractivity contribution < 1.29 is 37.5 Å². The second-order valence-corrected chi connectivity index (χ2v) is 7.07. The molecule has 0 heterocycles. The molecule has 28 heavy (non-hydrogen) atoms. The first-order chi connectivity index (χ1) is 13.3. The number of nitrogens with zero attached hydrogens (tertiary/aromatic N) is 1. The zero-order valence-corrected chi connectivity index (χ0v) is 17.4. The van der Waals surface area contributed by atoms with Gasteiger partial charge in [-0.2, -0.15) is 0 Å². The van der Waals surface area contributed by atoms with Crippen LogP contribution in [0, 0.1) is 0 Å². The first-order valence-electron chi connectivity index (χ1n) is 8.40. The lowest BCUT2D eigenvalue weighted by atomic mass is 10.0. The third kappa shape index (κ3) is 6.02. The number of methoxy groups -OCH3 is 2. The molecule has 1 aromatic carbocycles. The molecular formula is C18H24NO8P. The Morgan fingerprint density at radius 2 is 1.64 bits per heavy atom. The molecule has 0 amide bonds. The minimum absolute atomic E-state index is 0.0377. The van der Waals surface area contributed by atoms with Gasteiger partial charge < -0.3 is 23.4 Å². The first-order valence-corrected chi connectivity index (χ1v) is 9.95. The van der Waals surface area contributed by atoms with Gasteiger partial charge in [0.05, 0.1) is 33.7 Å². The molecule has 0 spiro atoms. The average Bonchev–Trinajstić information content (AvgIpc) is 2.66. The van der Waals surface area contributed by atoms with Crippen molar-refractivity contribution in [2.45, 2.75) is 20.8 Å². The van der Waals surface area contributed by atoms with Gasteiger partial charge in [0.15, 0.2) is 5.45 Å². The van der Waals surface area contributed by atoms with Crippen molar-refractivity contribution in [3.63, 3.8) is 0 Å². The fourth-order valence-electron chi connectivity index (χ4n) is 2.22. The van der Waals surface area contributed by atoms with E-state index in [1.807, 2.05) is 0 Å². The van der Waals surface area contributed by atoms with Crippen molar-refractivity contribution in [3.8, 4) is 0 Å². The molecule has 0 aliphatic rings. The predicted octanol–water partition coefficient (Wildman–Crippen LogP) is 3.34. The number of carbonyl (C=O) groups is 2. The molecule has 0 aliphatic heterocycles. The van der Waals surface area contributed by atoms with E-state index in [2.05, 4.69) is 5.16 Å². The molecule has 154 valence electrons. The number of carbonyl (C=O) groups excluding carboxylic acids is 2. The lowest BCUT2D eigenvalue weighted by Gasteiger charge is -2.20. The minimum atomic E-state index is -3.98. The summed E-state index contributed by atoms with van der Waals surface area (Å²) in [5, 5.41) is 3.72. The molecule has 1 rings (SSSR count). The summed E-state index contributed by atoms with van der Waals surface area (Å²) in [6.07, 6.45) is 1.18.